The number of hydrogen-bond donors (Lipinski definition) is 1. The molecule has 0 aliphatic rings. The molecule has 0 spiro atoms. The van der Waals surface area contributed by atoms with E-state index < -0.39 is 5.97 Å². The molecule has 3 aromatic carbocycles. The van der Waals surface area contributed by atoms with Crippen LogP contribution >= 0.6 is 0 Å². The fourth-order valence-corrected chi connectivity index (χ4v) is 2.82. The van der Waals surface area contributed by atoms with E-state index in [1.165, 1.54) is 0 Å². The molecule has 0 saturated heterocycles. The van der Waals surface area contributed by atoms with E-state index in [4.69, 9.17) is 14.9 Å². The molecule has 0 atom stereocenters. The van der Waals surface area contributed by atoms with Crippen LogP contribution in [0.1, 0.15) is 6.92 Å². The largest absolute Gasteiger partial charge is 0.550 e. The van der Waals surface area contributed by atoms with E-state index in [-0.39, 0.29) is 0 Å². The second-order valence-corrected chi connectivity index (χ2v) is 5.72. The van der Waals surface area contributed by atoms with Crippen LogP contribution in [-0.4, -0.2) is 18.0 Å². The summed E-state index contributed by atoms with van der Waals surface area (Å²) in [6.45, 7) is 0.972. The fraction of sp³-hybridized carbons (Fsp3) is 0.0952. The van der Waals surface area contributed by atoms with Crippen LogP contribution in [0.5, 0.6) is 0 Å². The van der Waals surface area contributed by atoms with Crippen LogP contribution in [0.15, 0.2) is 72.8 Å². The van der Waals surface area contributed by atoms with Crippen molar-refractivity contribution in [3.8, 4) is 5.69 Å². The quantitative estimate of drug-likeness (QED) is 0.448. The number of hydrogen-bond acceptors (Lipinski definition) is 4. The Morgan fingerprint density at radius 3 is 2.23 bits per heavy atom. The molecule has 1 heterocycles. The maximum atomic E-state index is 8.89. The summed E-state index contributed by atoms with van der Waals surface area (Å²) in [7, 11) is 1.93. The highest BCUT2D eigenvalue weighted by molar-refractivity contribution is 5.84. The molecule has 4 aromatic rings. The number of carboxylic acid groups (broad SMARTS) is 1. The molecule has 0 aliphatic carbocycles. The Hall–Kier alpha value is -3.47. The number of carboxylic acids is 1. The van der Waals surface area contributed by atoms with Gasteiger partial charge in [0.05, 0.1) is 0 Å². The van der Waals surface area contributed by atoms with Crippen LogP contribution in [0.2, 0.25) is 0 Å². The van der Waals surface area contributed by atoms with Crippen molar-refractivity contribution in [1.82, 2.24) is 4.98 Å². The van der Waals surface area contributed by atoms with E-state index in [9.17, 15) is 0 Å². The molecule has 0 fully saturated rings. The number of nitrogens with one attached hydrogen (secondary N) is 1. The summed E-state index contributed by atoms with van der Waals surface area (Å²) in [5, 5.41) is 12.1. The number of rotatable bonds is 2. The fourth-order valence-electron chi connectivity index (χ4n) is 2.82. The zero-order valence-corrected chi connectivity index (χ0v) is 14.6. The average molecular weight is 345 g/mol. The molecule has 0 saturated carbocycles. The Labute approximate surface area is 151 Å². The van der Waals surface area contributed by atoms with E-state index in [0.717, 1.165) is 40.4 Å². The van der Waals surface area contributed by atoms with Crippen LogP contribution in [0.3, 0.4) is 0 Å². The van der Waals surface area contributed by atoms with Gasteiger partial charge in [0.25, 0.3) is 0 Å². The number of nitrogens with zero attached hydrogens (tertiary/aromatic N) is 2. The Bertz CT molecular complexity index is 1060. The van der Waals surface area contributed by atoms with Gasteiger partial charge in [-0.2, -0.15) is 0 Å². The zero-order valence-electron chi connectivity index (χ0n) is 14.6. The Kier molecular flexibility index (Phi) is 5.08. The van der Waals surface area contributed by atoms with Gasteiger partial charge < -0.3 is 15.2 Å². The van der Waals surface area contributed by atoms with Gasteiger partial charge in [-0.1, -0.05) is 30.3 Å². The number of para-hydroxylation sites is 3. The molecule has 0 amide bonds. The molecule has 0 bridgehead atoms. The minimum atomic E-state index is -1.08. The summed E-state index contributed by atoms with van der Waals surface area (Å²) in [6, 6.07) is 24.9. The number of carbonyl (C=O) groups is 1. The molecule has 1 N–H and O–H groups in total. The molecule has 0 aliphatic heterocycles. The first-order valence-electron chi connectivity index (χ1n) is 8.25. The standard InChI is InChI=1S/C19H15N3.C2H4O2/c1-20-14-11-12-17-19(13-14)22(15-7-3-2-4-8-15)18-10-6-5-9-16(18)21-17;1-2(3)4/h2-13H,1H3;1H3,(H,3,4). The second-order valence-electron chi connectivity index (χ2n) is 5.72. The molecule has 0 radical (unpaired) electrons. The maximum absolute atomic E-state index is 8.89. The van der Waals surface area contributed by atoms with Crippen LogP contribution in [0.4, 0.5) is 5.69 Å². The summed E-state index contributed by atoms with van der Waals surface area (Å²) < 4.78 is 2.26. The SMILES string of the molecule is CC(=O)[O-].CNc1ccc2nc3ccccc3[n+](-c3ccccc3)c2c1. The lowest BCUT2D eigenvalue weighted by Gasteiger charge is -2.06. The van der Waals surface area contributed by atoms with Gasteiger partial charge in [-0.3, -0.25) is 0 Å². The number of fused-ring (bicyclic) bond motifs is 2. The van der Waals surface area contributed by atoms with Gasteiger partial charge in [0, 0.05) is 43.0 Å². The van der Waals surface area contributed by atoms with Crippen molar-refractivity contribution in [1.29, 1.82) is 0 Å². The van der Waals surface area contributed by atoms with Crippen molar-refractivity contribution in [2.45, 2.75) is 6.92 Å². The molecule has 4 rings (SSSR count). The van der Waals surface area contributed by atoms with Gasteiger partial charge >= 0.3 is 0 Å². The summed E-state index contributed by atoms with van der Waals surface area (Å²) in [5.74, 6) is -1.08. The van der Waals surface area contributed by atoms with Gasteiger partial charge in [-0.15, -0.1) is 4.57 Å². The lowest BCUT2D eigenvalue weighted by molar-refractivity contribution is -0.538. The van der Waals surface area contributed by atoms with Crippen molar-refractivity contribution < 1.29 is 14.5 Å². The molecular weight excluding hydrogens is 326 g/mol. The van der Waals surface area contributed by atoms with Gasteiger partial charge in [0.1, 0.15) is 11.0 Å². The van der Waals surface area contributed by atoms with E-state index in [0.29, 0.717) is 0 Å². The summed E-state index contributed by atoms with van der Waals surface area (Å²) in [6.07, 6.45) is 0. The third-order valence-corrected chi connectivity index (χ3v) is 3.88. The molecule has 0 unspecified atom stereocenters. The number of carbonyl (C=O) groups excluding carboxylic acids is 1. The van der Waals surface area contributed by atoms with Gasteiger partial charge in [-0.05, 0) is 25.1 Å². The van der Waals surface area contributed by atoms with Crippen LogP contribution in [0.25, 0.3) is 27.8 Å². The molecule has 130 valence electrons. The average Bonchev–Trinajstić information content (AvgIpc) is 2.66. The van der Waals surface area contributed by atoms with E-state index in [1.54, 1.807) is 0 Å². The highest BCUT2D eigenvalue weighted by atomic mass is 16.4. The predicted molar refractivity (Wildman–Crippen MR) is 101 cm³/mol. The smallest absolute Gasteiger partial charge is 0.239 e. The second kappa shape index (κ2) is 7.61. The van der Waals surface area contributed by atoms with Crippen LogP contribution in [0, 0.1) is 0 Å². The van der Waals surface area contributed by atoms with Gasteiger partial charge in [0.2, 0.25) is 16.7 Å². The highest BCUT2D eigenvalue weighted by Gasteiger charge is 2.18. The van der Waals surface area contributed by atoms with Crippen molar-refractivity contribution in [3.05, 3.63) is 72.8 Å². The topological polar surface area (TPSA) is 68.9 Å². The minimum Gasteiger partial charge on any atom is -0.550 e. The maximum Gasteiger partial charge on any atom is 0.239 e. The molecule has 26 heavy (non-hydrogen) atoms. The first-order valence-corrected chi connectivity index (χ1v) is 8.25. The van der Waals surface area contributed by atoms with Crippen molar-refractivity contribution >= 4 is 33.7 Å². The van der Waals surface area contributed by atoms with Crippen LogP contribution in [-0.2, 0) is 4.79 Å². The number of aliphatic carboxylic acids is 1. The molecule has 5 heteroatoms. The van der Waals surface area contributed by atoms with Crippen molar-refractivity contribution in [3.63, 3.8) is 0 Å². The Balaban J connectivity index is 0.000000447. The number of benzene rings is 3. The highest BCUT2D eigenvalue weighted by Crippen LogP contribution is 2.20. The zero-order chi connectivity index (χ0) is 18.5. The monoisotopic (exact) mass is 345 g/mol. The first-order chi connectivity index (χ1) is 12.6. The normalized spacial score (nSPS) is 10.2. The molecule has 5 nitrogen and oxygen atoms in total. The Morgan fingerprint density at radius 1 is 0.923 bits per heavy atom. The van der Waals surface area contributed by atoms with E-state index in [2.05, 4.69) is 70.5 Å². The van der Waals surface area contributed by atoms with Crippen LogP contribution < -0.4 is 15.0 Å². The van der Waals surface area contributed by atoms with E-state index in [1.807, 2.05) is 19.2 Å². The minimum absolute atomic E-state index is 0.972. The molecular formula is C21H19N3O2. The lowest BCUT2D eigenvalue weighted by atomic mass is 10.2. The Morgan fingerprint density at radius 2 is 1.54 bits per heavy atom. The lowest BCUT2D eigenvalue weighted by Crippen LogP contribution is -2.33. The van der Waals surface area contributed by atoms with E-state index >= 15 is 0 Å². The number of anilines is 1. The third kappa shape index (κ3) is 3.62. The summed E-state index contributed by atoms with van der Waals surface area (Å²) >= 11 is 0. The number of aromatic nitrogens is 2. The molecule has 1 aromatic heterocycles. The summed E-state index contributed by atoms with van der Waals surface area (Å²) in [4.78, 5) is 13.7. The van der Waals surface area contributed by atoms with Gasteiger partial charge in [0.15, 0.2) is 0 Å². The van der Waals surface area contributed by atoms with Crippen molar-refractivity contribution in [2.24, 2.45) is 0 Å². The third-order valence-electron chi connectivity index (χ3n) is 3.88. The first kappa shape index (κ1) is 17.4. The summed E-state index contributed by atoms with van der Waals surface area (Å²) in [5.41, 5.74) is 6.40. The predicted octanol–water partition coefficient (Wildman–Crippen LogP) is 2.46. The van der Waals surface area contributed by atoms with Gasteiger partial charge in [-0.25, -0.2) is 4.98 Å². The van der Waals surface area contributed by atoms with Crippen molar-refractivity contribution in [2.75, 3.05) is 12.4 Å².